The molecule has 1 aromatic rings. The summed E-state index contributed by atoms with van der Waals surface area (Å²) in [6, 6.07) is 0. The van der Waals surface area contributed by atoms with E-state index in [4.69, 9.17) is 0 Å². The number of hydrogen-bond acceptors (Lipinski definition) is 5. The van der Waals surface area contributed by atoms with Gasteiger partial charge in [-0.05, 0) is 12.3 Å². The van der Waals surface area contributed by atoms with Crippen LogP contribution in [0.2, 0.25) is 0 Å². The van der Waals surface area contributed by atoms with Crippen molar-refractivity contribution in [2.24, 2.45) is 11.8 Å². The van der Waals surface area contributed by atoms with Gasteiger partial charge in [-0.2, -0.15) is 10.1 Å². The summed E-state index contributed by atoms with van der Waals surface area (Å²) >= 11 is 0. The van der Waals surface area contributed by atoms with Gasteiger partial charge in [0, 0.05) is 45.7 Å². The second-order valence-corrected chi connectivity index (χ2v) is 7.05. The molecule has 0 radical (unpaired) electrons. The normalized spacial score (nSPS) is 22.4. The zero-order chi connectivity index (χ0) is 17.1. The Morgan fingerprint density at radius 2 is 2.08 bits per heavy atom. The molecular weight excluding hydrogens is 308 g/mol. The lowest BCUT2D eigenvalue weighted by molar-refractivity contribution is -0.143. The fourth-order valence-corrected chi connectivity index (χ4v) is 3.48. The Labute approximate surface area is 142 Å². The van der Waals surface area contributed by atoms with Crippen molar-refractivity contribution in [2.45, 2.75) is 26.7 Å². The van der Waals surface area contributed by atoms with Crippen LogP contribution in [0.3, 0.4) is 0 Å². The molecule has 3 heterocycles. The van der Waals surface area contributed by atoms with Gasteiger partial charge in [-0.1, -0.05) is 13.8 Å². The van der Waals surface area contributed by atoms with Crippen molar-refractivity contribution in [3.05, 3.63) is 6.33 Å². The van der Waals surface area contributed by atoms with Crippen LogP contribution >= 0.6 is 0 Å². The van der Waals surface area contributed by atoms with E-state index in [2.05, 4.69) is 33.9 Å². The highest BCUT2D eigenvalue weighted by Crippen LogP contribution is 2.22. The van der Waals surface area contributed by atoms with Gasteiger partial charge >= 0.3 is 0 Å². The van der Waals surface area contributed by atoms with E-state index in [0.717, 1.165) is 25.6 Å². The number of aromatic amines is 1. The number of hydrogen-bond donors (Lipinski definition) is 1. The zero-order valence-corrected chi connectivity index (χ0v) is 14.4. The minimum atomic E-state index is -0.0571. The number of amides is 2. The molecule has 0 aliphatic carbocycles. The summed E-state index contributed by atoms with van der Waals surface area (Å²) in [6.45, 7) is 8.38. The monoisotopic (exact) mass is 334 g/mol. The molecule has 1 unspecified atom stereocenters. The summed E-state index contributed by atoms with van der Waals surface area (Å²) in [7, 11) is 0. The minimum Gasteiger partial charge on any atom is -0.342 e. The second-order valence-electron chi connectivity index (χ2n) is 7.05. The number of likely N-dealkylation sites (tertiary alicyclic amines) is 1. The molecule has 0 aromatic carbocycles. The number of piperazine rings is 1. The fraction of sp³-hybridized carbons (Fsp3) is 0.750. The highest BCUT2D eigenvalue weighted by Gasteiger charge is 2.34. The molecule has 1 aromatic heterocycles. The number of piperidine rings is 1. The second kappa shape index (κ2) is 7.19. The number of H-pyrrole nitrogens is 1. The Bertz CT molecular complexity index is 565. The van der Waals surface area contributed by atoms with Gasteiger partial charge in [0.1, 0.15) is 6.33 Å². The first kappa shape index (κ1) is 16.7. The molecule has 2 amide bonds. The third-order valence-electron chi connectivity index (χ3n) is 4.73. The summed E-state index contributed by atoms with van der Waals surface area (Å²) in [5, 5.41) is 6.73. The van der Waals surface area contributed by atoms with E-state index in [1.807, 2.05) is 9.80 Å². The molecule has 132 valence electrons. The summed E-state index contributed by atoms with van der Waals surface area (Å²) in [4.78, 5) is 34.9. The average molecular weight is 334 g/mol. The van der Waals surface area contributed by atoms with Crippen LogP contribution in [0.4, 0.5) is 5.95 Å². The quantitative estimate of drug-likeness (QED) is 0.859. The molecule has 0 spiro atoms. The van der Waals surface area contributed by atoms with Gasteiger partial charge in [0.05, 0.1) is 5.92 Å². The first-order valence-corrected chi connectivity index (χ1v) is 8.71. The predicted molar refractivity (Wildman–Crippen MR) is 89.3 cm³/mol. The maximum atomic E-state index is 12.8. The highest BCUT2D eigenvalue weighted by molar-refractivity contribution is 5.84. The molecule has 0 bridgehead atoms. The molecule has 8 nitrogen and oxygen atoms in total. The predicted octanol–water partition coefficient (Wildman–Crippen LogP) is 0.348. The molecule has 8 heteroatoms. The van der Waals surface area contributed by atoms with Crippen LogP contribution in [0.25, 0.3) is 0 Å². The lowest BCUT2D eigenvalue weighted by Gasteiger charge is -2.39. The maximum absolute atomic E-state index is 12.8. The van der Waals surface area contributed by atoms with Gasteiger partial charge in [0.25, 0.3) is 0 Å². The molecule has 1 N–H and O–H groups in total. The lowest BCUT2D eigenvalue weighted by Crippen LogP contribution is -2.53. The molecule has 24 heavy (non-hydrogen) atoms. The zero-order valence-electron chi connectivity index (χ0n) is 14.4. The molecule has 2 aliphatic heterocycles. The first-order valence-electron chi connectivity index (χ1n) is 8.71. The van der Waals surface area contributed by atoms with Crippen molar-refractivity contribution in [2.75, 3.05) is 44.2 Å². The number of nitrogens with one attached hydrogen (secondary N) is 1. The Kier molecular flexibility index (Phi) is 5.01. The Balaban J connectivity index is 1.54. The maximum Gasteiger partial charge on any atom is 0.227 e. The number of rotatable bonds is 4. The largest absolute Gasteiger partial charge is 0.342 e. The summed E-state index contributed by atoms with van der Waals surface area (Å²) in [6.07, 6.45) is 2.66. The first-order chi connectivity index (χ1) is 11.5. The van der Waals surface area contributed by atoms with Crippen molar-refractivity contribution in [1.82, 2.24) is 25.0 Å². The van der Waals surface area contributed by atoms with Crippen molar-refractivity contribution in [3.8, 4) is 0 Å². The van der Waals surface area contributed by atoms with Crippen molar-refractivity contribution < 1.29 is 9.59 Å². The Morgan fingerprint density at radius 3 is 2.71 bits per heavy atom. The number of carbonyl (C=O) groups is 2. The topological polar surface area (TPSA) is 85.4 Å². The van der Waals surface area contributed by atoms with Crippen LogP contribution in [-0.2, 0) is 9.59 Å². The fourth-order valence-electron chi connectivity index (χ4n) is 3.48. The van der Waals surface area contributed by atoms with E-state index >= 15 is 0 Å². The van der Waals surface area contributed by atoms with Crippen molar-refractivity contribution >= 4 is 17.8 Å². The van der Waals surface area contributed by atoms with Crippen LogP contribution in [0.1, 0.15) is 26.7 Å². The molecule has 3 rings (SSSR count). The van der Waals surface area contributed by atoms with E-state index < -0.39 is 0 Å². The van der Waals surface area contributed by atoms with E-state index in [-0.39, 0.29) is 17.7 Å². The van der Waals surface area contributed by atoms with E-state index in [1.54, 1.807) is 0 Å². The Hall–Kier alpha value is -2.12. The van der Waals surface area contributed by atoms with Crippen molar-refractivity contribution in [3.63, 3.8) is 0 Å². The minimum absolute atomic E-state index is 0.0571. The molecule has 2 fully saturated rings. The number of aromatic nitrogens is 3. The van der Waals surface area contributed by atoms with Gasteiger partial charge in [-0.25, -0.2) is 5.10 Å². The smallest absolute Gasteiger partial charge is 0.227 e. The molecule has 0 saturated carbocycles. The van der Waals surface area contributed by atoms with Crippen LogP contribution < -0.4 is 4.90 Å². The number of carbonyl (C=O) groups excluding carboxylic acids is 2. The SMILES string of the molecule is CC(C)CN1CC(C(=O)N2CCN(c3ncn[nH]3)CC2)CCC1=O. The third-order valence-corrected chi connectivity index (χ3v) is 4.73. The van der Waals surface area contributed by atoms with Gasteiger partial charge in [0.2, 0.25) is 17.8 Å². The highest BCUT2D eigenvalue weighted by atomic mass is 16.2. The third kappa shape index (κ3) is 3.68. The molecular formula is C16H26N6O2. The van der Waals surface area contributed by atoms with Gasteiger partial charge in [0.15, 0.2) is 0 Å². The van der Waals surface area contributed by atoms with Crippen LogP contribution in [-0.4, -0.2) is 76.1 Å². The van der Waals surface area contributed by atoms with Crippen LogP contribution in [0, 0.1) is 11.8 Å². The number of anilines is 1. The van der Waals surface area contributed by atoms with Crippen LogP contribution in [0.5, 0.6) is 0 Å². The summed E-state index contributed by atoms with van der Waals surface area (Å²) in [5.74, 6) is 1.50. The van der Waals surface area contributed by atoms with E-state index in [1.165, 1.54) is 6.33 Å². The van der Waals surface area contributed by atoms with E-state index in [0.29, 0.717) is 38.4 Å². The summed E-state index contributed by atoms with van der Waals surface area (Å²) < 4.78 is 0. The van der Waals surface area contributed by atoms with Gasteiger partial charge in [-0.3, -0.25) is 9.59 Å². The molecule has 2 saturated heterocycles. The van der Waals surface area contributed by atoms with Gasteiger partial charge in [-0.15, -0.1) is 0 Å². The lowest BCUT2D eigenvalue weighted by atomic mass is 9.95. The Morgan fingerprint density at radius 1 is 1.33 bits per heavy atom. The van der Waals surface area contributed by atoms with Gasteiger partial charge < -0.3 is 14.7 Å². The van der Waals surface area contributed by atoms with E-state index in [9.17, 15) is 9.59 Å². The summed E-state index contributed by atoms with van der Waals surface area (Å²) in [5.41, 5.74) is 0. The van der Waals surface area contributed by atoms with Crippen molar-refractivity contribution in [1.29, 1.82) is 0 Å². The van der Waals surface area contributed by atoms with Crippen LogP contribution in [0.15, 0.2) is 6.33 Å². The average Bonchev–Trinajstić information content (AvgIpc) is 3.10. The molecule has 2 aliphatic rings. The number of nitrogens with zero attached hydrogens (tertiary/aromatic N) is 5. The standard InChI is InChI=1S/C16H26N6O2/c1-12(2)9-22-10-13(3-4-14(22)23)15(24)20-5-7-21(8-6-20)16-17-11-18-19-16/h11-13H,3-10H2,1-2H3,(H,17,18,19). The molecule has 1 atom stereocenters.